The number of aromatic carboxylic acids is 1. The van der Waals surface area contributed by atoms with Gasteiger partial charge in [0, 0.05) is 10.6 Å². The molecule has 0 saturated carbocycles. The average molecular weight is 272 g/mol. The molecule has 0 spiro atoms. The third-order valence-corrected chi connectivity index (χ3v) is 3.78. The molecule has 0 fully saturated rings. The Morgan fingerprint density at radius 3 is 2.68 bits per heavy atom. The molecule has 0 radical (unpaired) electrons. The fourth-order valence-corrected chi connectivity index (χ4v) is 2.70. The van der Waals surface area contributed by atoms with Crippen LogP contribution in [0.2, 0.25) is 0 Å². The van der Waals surface area contributed by atoms with Crippen LogP contribution in [0.5, 0.6) is 0 Å². The number of hydrogen-bond acceptors (Lipinski definition) is 5. The molecule has 19 heavy (non-hydrogen) atoms. The highest BCUT2D eigenvalue weighted by atomic mass is 32.1. The van der Waals surface area contributed by atoms with Crippen LogP contribution in [0, 0.1) is 0 Å². The molecule has 5 nitrogen and oxygen atoms in total. The van der Waals surface area contributed by atoms with Gasteiger partial charge >= 0.3 is 13.0 Å². The van der Waals surface area contributed by atoms with Crippen LogP contribution in [0.1, 0.15) is 15.2 Å². The molecule has 0 bridgehead atoms. The van der Waals surface area contributed by atoms with Crippen LogP contribution < -0.4 is 10.4 Å². The Hall–Kier alpha value is -2.12. The summed E-state index contributed by atoms with van der Waals surface area (Å²) >= 11 is 1.52. The van der Waals surface area contributed by atoms with Gasteiger partial charge in [-0.15, -0.1) is 11.3 Å². The first-order valence-corrected chi connectivity index (χ1v) is 6.47. The largest absolute Gasteiger partial charge is 0.478 e. The predicted molar refractivity (Wildman–Crippen MR) is 75.4 cm³/mol. The van der Waals surface area contributed by atoms with Gasteiger partial charge in [-0.05, 0) is 35.1 Å². The van der Waals surface area contributed by atoms with E-state index in [0.29, 0.717) is 5.69 Å². The molecule has 2 aromatic rings. The topological polar surface area (TPSA) is 73.1 Å². The van der Waals surface area contributed by atoms with E-state index in [0.717, 1.165) is 10.3 Å². The summed E-state index contributed by atoms with van der Waals surface area (Å²) in [4.78, 5) is 13.2. The quantitative estimate of drug-likeness (QED) is 0.799. The van der Waals surface area contributed by atoms with Gasteiger partial charge in [-0.1, -0.05) is 6.07 Å². The number of carbonyl (C=O) groups is 1. The predicted octanol–water partition coefficient (Wildman–Crippen LogP) is 0.988. The van der Waals surface area contributed by atoms with Crippen LogP contribution in [-0.4, -0.2) is 29.4 Å². The molecule has 1 aliphatic heterocycles. The molecule has 0 aliphatic carbocycles. The van der Waals surface area contributed by atoms with E-state index in [2.05, 4.69) is 5.10 Å². The van der Waals surface area contributed by atoms with Crippen molar-refractivity contribution in [1.29, 1.82) is 0 Å². The highest BCUT2D eigenvalue weighted by molar-refractivity contribution is 7.13. The molecule has 0 amide bonds. The van der Waals surface area contributed by atoms with Crippen molar-refractivity contribution in [3.8, 4) is 0 Å². The molecular formula is C12H9BN2O3S. The van der Waals surface area contributed by atoms with E-state index in [1.54, 1.807) is 18.3 Å². The van der Waals surface area contributed by atoms with Gasteiger partial charge in [0.15, 0.2) is 0 Å². The zero-order valence-corrected chi connectivity index (χ0v) is 10.5. The fourth-order valence-electron chi connectivity index (χ4n) is 1.92. The standard InChI is InChI=1S/C12H9BN2O3S/c16-12(17)8-1-3-9(4-2-8)15-13(18)10-5-6-19-11(10)7-14-15/h1-7,18H,(H,16,17). The summed E-state index contributed by atoms with van der Waals surface area (Å²) in [6.07, 6.45) is 1.69. The molecule has 0 unspecified atom stereocenters. The number of carboxylic acid groups (broad SMARTS) is 1. The molecule has 1 aromatic carbocycles. The van der Waals surface area contributed by atoms with Crippen molar-refractivity contribution in [3.63, 3.8) is 0 Å². The van der Waals surface area contributed by atoms with Gasteiger partial charge in [-0.2, -0.15) is 5.10 Å². The van der Waals surface area contributed by atoms with Crippen LogP contribution in [0.4, 0.5) is 5.69 Å². The van der Waals surface area contributed by atoms with E-state index in [9.17, 15) is 9.82 Å². The number of hydrazone groups is 1. The van der Waals surface area contributed by atoms with Crippen molar-refractivity contribution in [3.05, 3.63) is 46.2 Å². The van der Waals surface area contributed by atoms with Gasteiger partial charge < -0.3 is 10.1 Å². The molecule has 2 N–H and O–H groups in total. The number of rotatable bonds is 2. The fraction of sp³-hybridized carbons (Fsp3) is 0. The number of fused-ring (bicyclic) bond motifs is 1. The summed E-state index contributed by atoms with van der Waals surface area (Å²) in [5.74, 6) is -0.977. The van der Waals surface area contributed by atoms with Crippen molar-refractivity contribution >= 4 is 41.7 Å². The Bertz CT molecular complexity index is 653. The van der Waals surface area contributed by atoms with Crippen LogP contribution in [0.3, 0.4) is 0 Å². The SMILES string of the molecule is O=C(O)c1ccc(N2N=Cc3sccc3B2O)cc1. The molecule has 0 atom stereocenters. The number of carboxylic acids is 1. The zero-order chi connectivity index (χ0) is 13.4. The number of anilines is 1. The second-order valence-corrected chi connectivity index (χ2v) is 5.00. The first-order valence-electron chi connectivity index (χ1n) is 5.59. The lowest BCUT2D eigenvalue weighted by molar-refractivity contribution is 0.0697. The number of thiophene rings is 1. The van der Waals surface area contributed by atoms with Gasteiger partial charge in [-0.3, -0.25) is 4.92 Å². The Labute approximate surface area is 113 Å². The first kappa shape index (κ1) is 11.9. The highest BCUT2D eigenvalue weighted by Gasteiger charge is 2.30. The van der Waals surface area contributed by atoms with Crippen molar-refractivity contribution < 1.29 is 14.9 Å². The van der Waals surface area contributed by atoms with E-state index < -0.39 is 13.0 Å². The summed E-state index contributed by atoms with van der Waals surface area (Å²) in [7, 11) is -0.845. The monoisotopic (exact) mass is 272 g/mol. The van der Waals surface area contributed by atoms with Crippen molar-refractivity contribution in [2.45, 2.75) is 0 Å². The summed E-state index contributed by atoms with van der Waals surface area (Å²) in [5, 5.41) is 25.2. The van der Waals surface area contributed by atoms with Gasteiger partial charge in [0.05, 0.1) is 11.8 Å². The molecule has 1 aromatic heterocycles. The lowest BCUT2D eigenvalue weighted by Crippen LogP contribution is -2.49. The maximum atomic E-state index is 10.8. The molecule has 0 saturated heterocycles. The Balaban J connectivity index is 1.93. The van der Waals surface area contributed by atoms with Gasteiger partial charge in [-0.25, -0.2) is 4.79 Å². The molecular weight excluding hydrogens is 263 g/mol. The highest BCUT2D eigenvalue weighted by Crippen LogP contribution is 2.20. The van der Waals surface area contributed by atoms with Gasteiger partial charge in [0.25, 0.3) is 0 Å². The maximum absolute atomic E-state index is 10.8. The summed E-state index contributed by atoms with van der Waals surface area (Å²) in [6.45, 7) is 0. The Morgan fingerprint density at radius 1 is 1.26 bits per heavy atom. The number of nitrogens with zero attached hydrogens (tertiary/aromatic N) is 2. The summed E-state index contributed by atoms with van der Waals surface area (Å²) in [5.41, 5.74) is 1.66. The zero-order valence-electron chi connectivity index (χ0n) is 9.72. The van der Waals surface area contributed by atoms with E-state index in [-0.39, 0.29) is 5.56 Å². The van der Waals surface area contributed by atoms with E-state index in [1.165, 1.54) is 28.4 Å². The summed E-state index contributed by atoms with van der Waals surface area (Å²) in [6, 6.07) is 8.09. The second kappa shape index (κ2) is 4.53. The summed E-state index contributed by atoms with van der Waals surface area (Å²) < 4.78 is 0. The molecule has 2 heterocycles. The van der Waals surface area contributed by atoms with Crippen LogP contribution in [-0.2, 0) is 0 Å². The van der Waals surface area contributed by atoms with Crippen LogP contribution in [0.25, 0.3) is 0 Å². The van der Waals surface area contributed by atoms with Gasteiger partial charge in [0.1, 0.15) is 0 Å². The van der Waals surface area contributed by atoms with E-state index >= 15 is 0 Å². The minimum absolute atomic E-state index is 0.204. The number of hydrogen-bond donors (Lipinski definition) is 2. The normalized spacial score (nSPS) is 13.5. The van der Waals surface area contributed by atoms with Crippen LogP contribution >= 0.6 is 11.3 Å². The molecule has 1 aliphatic rings. The van der Waals surface area contributed by atoms with E-state index in [4.69, 9.17) is 5.11 Å². The molecule has 7 heteroatoms. The second-order valence-electron chi connectivity index (χ2n) is 4.06. The first-order chi connectivity index (χ1) is 9.16. The van der Waals surface area contributed by atoms with Crippen LogP contribution in [0.15, 0.2) is 40.8 Å². The molecule has 94 valence electrons. The lowest BCUT2D eigenvalue weighted by Gasteiger charge is -2.25. The lowest BCUT2D eigenvalue weighted by atomic mass is 9.72. The van der Waals surface area contributed by atoms with Crippen molar-refractivity contribution in [2.75, 3.05) is 4.92 Å². The third-order valence-electron chi connectivity index (χ3n) is 2.92. The smallest absolute Gasteiger partial charge is 0.472 e. The average Bonchev–Trinajstić information content (AvgIpc) is 2.88. The molecule has 3 rings (SSSR count). The maximum Gasteiger partial charge on any atom is 0.472 e. The third kappa shape index (κ3) is 2.03. The van der Waals surface area contributed by atoms with Gasteiger partial charge in [0.2, 0.25) is 0 Å². The van der Waals surface area contributed by atoms with E-state index in [1.807, 2.05) is 11.4 Å². The minimum Gasteiger partial charge on any atom is -0.478 e. The minimum atomic E-state index is -0.977. The Kier molecular flexibility index (Phi) is 2.85. The number of benzene rings is 1. The van der Waals surface area contributed by atoms with Crippen molar-refractivity contribution in [2.24, 2.45) is 5.10 Å². The Morgan fingerprint density at radius 2 is 2.00 bits per heavy atom. The van der Waals surface area contributed by atoms with Crippen molar-refractivity contribution in [1.82, 2.24) is 0 Å².